The third kappa shape index (κ3) is 2.99. The molecule has 0 heteroatoms. The van der Waals surface area contributed by atoms with Crippen LogP contribution in [-0.2, 0) is 0 Å². The zero-order chi connectivity index (χ0) is 22.5. The highest BCUT2D eigenvalue weighted by molar-refractivity contribution is 5.89. The predicted molar refractivity (Wildman–Crippen MR) is 143 cm³/mol. The summed E-state index contributed by atoms with van der Waals surface area (Å²) in [5, 5.41) is 5.22. The normalized spacial score (nSPS) is 16.8. The summed E-state index contributed by atoms with van der Waals surface area (Å²) in [6.45, 7) is 0. The smallest absolute Gasteiger partial charge is 0.0346 e. The SMILES string of the molecule is c1ccc(C2c3cc4ccccc4cc3C(c3ccccc3)c3cc4ccccc4cc32)cc1. The fourth-order valence-corrected chi connectivity index (χ4v) is 5.90. The van der Waals surface area contributed by atoms with Crippen LogP contribution in [0.25, 0.3) is 21.5 Å². The molecule has 0 radical (unpaired) electrons. The minimum atomic E-state index is 0.209. The van der Waals surface area contributed by atoms with E-state index in [2.05, 4.69) is 133 Å². The first-order chi connectivity index (χ1) is 16.9. The van der Waals surface area contributed by atoms with Crippen molar-refractivity contribution in [2.45, 2.75) is 11.8 Å². The monoisotopic (exact) mass is 432 g/mol. The maximum Gasteiger partial charge on any atom is 0.0346 e. The summed E-state index contributed by atoms with van der Waals surface area (Å²) in [7, 11) is 0. The van der Waals surface area contributed by atoms with E-state index in [1.807, 2.05) is 0 Å². The molecule has 160 valence electrons. The first-order valence-corrected chi connectivity index (χ1v) is 12.0. The van der Waals surface area contributed by atoms with Crippen LogP contribution in [0.15, 0.2) is 133 Å². The van der Waals surface area contributed by atoms with E-state index in [-0.39, 0.29) is 11.8 Å². The van der Waals surface area contributed by atoms with Crippen LogP contribution in [0.5, 0.6) is 0 Å². The predicted octanol–water partition coefficient (Wildman–Crippen LogP) is 8.67. The van der Waals surface area contributed by atoms with Crippen molar-refractivity contribution < 1.29 is 0 Å². The molecule has 1 aliphatic carbocycles. The van der Waals surface area contributed by atoms with Gasteiger partial charge in [0.2, 0.25) is 0 Å². The maximum absolute atomic E-state index is 2.44. The highest BCUT2D eigenvalue weighted by Crippen LogP contribution is 2.50. The molecular formula is C34H24. The Kier molecular flexibility index (Phi) is 4.38. The Balaban J connectivity index is 1.62. The lowest BCUT2D eigenvalue weighted by atomic mass is 9.67. The van der Waals surface area contributed by atoms with Crippen molar-refractivity contribution in [2.75, 3.05) is 0 Å². The molecule has 0 saturated heterocycles. The van der Waals surface area contributed by atoms with Gasteiger partial charge in [-0.3, -0.25) is 0 Å². The summed E-state index contributed by atoms with van der Waals surface area (Å²) in [5.41, 5.74) is 8.37. The fraction of sp³-hybridized carbons (Fsp3) is 0.0588. The van der Waals surface area contributed by atoms with Gasteiger partial charge in [0.15, 0.2) is 0 Å². The van der Waals surface area contributed by atoms with Crippen LogP contribution in [0.4, 0.5) is 0 Å². The lowest BCUT2D eigenvalue weighted by molar-refractivity contribution is 0.827. The summed E-state index contributed by atoms with van der Waals surface area (Å²) in [5.74, 6) is 0.417. The first-order valence-electron chi connectivity index (χ1n) is 12.0. The summed E-state index contributed by atoms with van der Waals surface area (Å²) in [6, 6.07) is 49.3. The third-order valence-electron chi connectivity index (χ3n) is 7.41. The number of hydrogen-bond acceptors (Lipinski definition) is 0. The van der Waals surface area contributed by atoms with E-state index in [0.29, 0.717) is 0 Å². The zero-order valence-corrected chi connectivity index (χ0v) is 18.9. The van der Waals surface area contributed by atoms with Crippen LogP contribution in [0.1, 0.15) is 45.2 Å². The highest BCUT2D eigenvalue weighted by Gasteiger charge is 2.34. The molecule has 0 aromatic heterocycles. The molecule has 0 heterocycles. The zero-order valence-electron chi connectivity index (χ0n) is 18.9. The molecule has 0 aliphatic heterocycles. The highest BCUT2D eigenvalue weighted by atomic mass is 14.4. The molecule has 34 heavy (non-hydrogen) atoms. The van der Waals surface area contributed by atoms with Gasteiger partial charge in [0.1, 0.15) is 0 Å². The molecule has 6 aromatic rings. The topological polar surface area (TPSA) is 0 Å². The van der Waals surface area contributed by atoms with Crippen molar-refractivity contribution in [3.63, 3.8) is 0 Å². The Bertz CT molecular complexity index is 1430. The van der Waals surface area contributed by atoms with E-state index >= 15 is 0 Å². The van der Waals surface area contributed by atoms with Gasteiger partial charge in [0.05, 0.1) is 0 Å². The molecule has 0 atom stereocenters. The molecule has 7 rings (SSSR count). The van der Waals surface area contributed by atoms with Crippen LogP contribution >= 0.6 is 0 Å². The number of rotatable bonds is 2. The van der Waals surface area contributed by atoms with Crippen molar-refractivity contribution in [1.29, 1.82) is 0 Å². The quantitative estimate of drug-likeness (QED) is 0.256. The van der Waals surface area contributed by atoms with E-state index in [0.717, 1.165) is 0 Å². The lowest BCUT2D eigenvalue weighted by Crippen LogP contribution is -2.20. The molecule has 0 bridgehead atoms. The van der Waals surface area contributed by atoms with Gasteiger partial charge in [-0.05, 0) is 79.2 Å². The van der Waals surface area contributed by atoms with Gasteiger partial charge in [-0.2, -0.15) is 0 Å². The number of fused-ring (bicyclic) bond motifs is 4. The Morgan fingerprint density at radius 1 is 0.294 bits per heavy atom. The van der Waals surface area contributed by atoms with Crippen molar-refractivity contribution in [1.82, 2.24) is 0 Å². The number of hydrogen-bond donors (Lipinski definition) is 0. The summed E-state index contributed by atoms with van der Waals surface area (Å²) >= 11 is 0. The number of benzene rings is 6. The molecule has 0 fully saturated rings. The van der Waals surface area contributed by atoms with Gasteiger partial charge < -0.3 is 0 Å². The first kappa shape index (κ1) is 19.3. The summed E-state index contributed by atoms with van der Waals surface area (Å²) < 4.78 is 0. The van der Waals surface area contributed by atoms with Gasteiger partial charge in [0.25, 0.3) is 0 Å². The van der Waals surface area contributed by atoms with Crippen LogP contribution in [-0.4, -0.2) is 0 Å². The van der Waals surface area contributed by atoms with E-state index in [9.17, 15) is 0 Å². The van der Waals surface area contributed by atoms with E-state index in [1.54, 1.807) is 0 Å². The van der Waals surface area contributed by atoms with Crippen molar-refractivity contribution >= 4 is 21.5 Å². The average Bonchev–Trinajstić information content (AvgIpc) is 2.90. The van der Waals surface area contributed by atoms with Gasteiger partial charge in [-0.1, -0.05) is 109 Å². The molecule has 0 nitrogen and oxygen atoms in total. The average molecular weight is 433 g/mol. The van der Waals surface area contributed by atoms with Crippen molar-refractivity contribution in [2.24, 2.45) is 0 Å². The Morgan fingerprint density at radius 3 is 0.853 bits per heavy atom. The minimum absolute atomic E-state index is 0.209. The Hall–Kier alpha value is -4.16. The largest absolute Gasteiger partial charge is 0.0622 e. The Morgan fingerprint density at radius 2 is 0.559 bits per heavy atom. The molecule has 0 N–H and O–H groups in total. The second kappa shape index (κ2) is 7.71. The van der Waals surface area contributed by atoms with Gasteiger partial charge >= 0.3 is 0 Å². The van der Waals surface area contributed by atoms with E-state index in [4.69, 9.17) is 0 Å². The van der Waals surface area contributed by atoms with Crippen molar-refractivity contribution in [3.8, 4) is 0 Å². The third-order valence-corrected chi connectivity index (χ3v) is 7.41. The van der Waals surface area contributed by atoms with Crippen molar-refractivity contribution in [3.05, 3.63) is 167 Å². The summed E-state index contributed by atoms with van der Waals surface area (Å²) in [6.07, 6.45) is 0. The fourth-order valence-electron chi connectivity index (χ4n) is 5.90. The molecule has 1 aliphatic rings. The summed E-state index contributed by atoms with van der Waals surface area (Å²) in [4.78, 5) is 0. The van der Waals surface area contributed by atoms with Crippen LogP contribution in [0, 0.1) is 0 Å². The second-order valence-electron chi connectivity index (χ2n) is 9.34. The van der Waals surface area contributed by atoms with Crippen LogP contribution in [0.2, 0.25) is 0 Å². The Labute approximate surface area is 200 Å². The van der Waals surface area contributed by atoms with Crippen LogP contribution in [0.3, 0.4) is 0 Å². The molecule has 0 saturated carbocycles. The van der Waals surface area contributed by atoms with Gasteiger partial charge in [-0.15, -0.1) is 0 Å². The van der Waals surface area contributed by atoms with E-state index in [1.165, 1.54) is 54.9 Å². The lowest BCUT2D eigenvalue weighted by Gasteiger charge is -2.36. The van der Waals surface area contributed by atoms with Gasteiger partial charge in [-0.25, -0.2) is 0 Å². The van der Waals surface area contributed by atoms with Crippen LogP contribution < -0.4 is 0 Å². The second-order valence-corrected chi connectivity index (χ2v) is 9.34. The van der Waals surface area contributed by atoms with Gasteiger partial charge in [0, 0.05) is 11.8 Å². The maximum atomic E-state index is 2.44. The molecule has 0 spiro atoms. The molecule has 0 amide bonds. The standard InChI is InChI=1S/C34H24/c1-3-11-23(12-4-1)33-29-19-25-15-7-9-17-27(25)21-31(29)34(24-13-5-2-6-14-24)32-22-28-18-10-8-16-26(28)20-30(32)33/h1-22,33-34H. The van der Waals surface area contributed by atoms with E-state index < -0.39 is 0 Å². The molecule has 6 aromatic carbocycles. The molecule has 0 unspecified atom stereocenters. The molecular weight excluding hydrogens is 408 g/mol. The minimum Gasteiger partial charge on any atom is -0.0622 e.